The van der Waals surface area contributed by atoms with Crippen LogP contribution < -0.4 is 4.90 Å². The summed E-state index contributed by atoms with van der Waals surface area (Å²) in [7, 11) is 0. The van der Waals surface area contributed by atoms with Crippen molar-refractivity contribution in [1.29, 1.82) is 5.26 Å². The van der Waals surface area contributed by atoms with Gasteiger partial charge in [-0.05, 0) is 30.5 Å². The minimum Gasteiger partial charge on any atom is -0.370 e. The number of anilines is 1. The Morgan fingerprint density at radius 1 is 1.42 bits per heavy atom. The van der Waals surface area contributed by atoms with Crippen LogP contribution in [0.2, 0.25) is 0 Å². The van der Waals surface area contributed by atoms with Crippen LogP contribution in [-0.4, -0.2) is 13.1 Å². The number of nitrogens with zero attached hydrogens (tertiary/aromatic N) is 2. The molecular weight excluding hydrogens is 253 g/mol. The molecule has 5 heteroatoms. The van der Waals surface area contributed by atoms with E-state index in [1.165, 1.54) is 6.07 Å². The van der Waals surface area contributed by atoms with Crippen molar-refractivity contribution in [1.82, 2.24) is 0 Å². The summed E-state index contributed by atoms with van der Waals surface area (Å²) < 4.78 is 37.8. The van der Waals surface area contributed by atoms with Crippen LogP contribution >= 0.6 is 0 Å². The van der Waals surface area contributed by atoms with Crippen molar-refractivity contribution in [2.45, 2.75) is 25.9 Å². The lowest BCUT2D eigenvalue weighted by molar-refractivity contribution is -0.137. The van der Waals surface area contributed by atoms with Gasteiger partial charge in [-0.2, -0.15) is 18.4 Å². The predicted octanol–water partition coefficient (Wildman–Crippen LogP) is 3.81. The number of hydrogen-bond acceptors (Lipinski definition) is 2. The summed E-state index contributed by atoms with van der Waals surface area (Å²) >= 11 is 0. The molecule has 0 bridgehead atoms. The van der Waals surface area contributed by atoms with E-state index >= 15 is 0 Å². The molecule has 0 N–H and O–H groups in total. The Bertz CT molecular complexity index is 502. The normalized spacial score (nSPS) is 19.5. The molecule has 1 atom stereocenters. The molecule has 1 unspecified atom stereocenters. The standard InChI is InChI=1S/C14H15F3N2/c1-2-10-5-6-19(9-10)13-4-3-12(14(15,16)17)7-11(13)8-18/h3-4,7,10H,2,5-6,9H2,1H3. The van der Waals surface area contributed by atoms with E-state index in [0.29, 0.717) is 11.6 Å². The first-order valence-corrected chi connectivity index (χ1v) is 6.32. The third-order valence-corrected chi connectivity index (χ3v) is 3.65. The van der Waals surface area contributed by atoms with Crippen LogP contribution in [0.25, 0.3) is 0 Å². The lowest BCUT2D eigenvalue weighted by Crippen LogP contribution is -2.21. The van der Waals surface area contributed by atoms with Gasteiger partial charge < -0.3 is 4.90 Å². The van der Waals surface area contributed by atoms with Crippen LogP contribution in [0.5, 0.6) is 0 Å². The fourth-order valence-corrected chi connectivity index (χ4v) is 2.46. The molecule has 2 rings (SSSR count). The van der Waals surface area contributed by atoms with Gasteiger partial charge in [0.05, 0.1) is 16.8 Å². The summed E-state index contributed by atoms with van der Waals surface area (Å²) in [6, 6.07) is 5.28. The van der Waals surface area contributed by atoms with Gasteiger partial charge in [0.1, 0.15) is 6.07 Å². The molecule has 1 aliphatic rings. The van der Waals surface area contributed by atoms with Gasteiger partial charge in [0.15, 0.2) is 0 Å². The second-order valence-corrected chi connectivity index (χ2v) is 4.85. The Kier molecular flexibility index (Phi) is 3.70. The van der Waals surface area contributed by atoms with Gasteiger partial charge in [0.25, 0.3) is 0 Å². The first kappa shape index (κ1) is 13.7. The number of halogens is 3. The summed E-state index contributed by atoms with van der Waals surface area (Å²) in [6.07, 6.45) is -2.32. The number of hydrogen-bond donors (Lipinski definition) is 0. The highest BCUT2D eigenvalue weighted by Gasteiger charge is 2.32. The second kappa shape index (κ2) is 5.12. The van der Waals surface area contributed by atoms with Gasteiger partial charge in [0, 0.05) is 13.1 Å². The van der Waals surface area contributed by atoms with Crippen LogP contribution in [0.3, 0.4) is 0 Å². The number of nitriles is 1. The molecular formula is C14H15F3N2. The van der Waals surface area contributed by atoms with Crippen molar-refractivity contribution < 1.29 is 13.2 Å². The molecule has 102 valence electrons. The molecule has 0 radical (unpaired) electrons. The van der Waals surface area contributed by atoms with E-state index in [1.807, 2.05) is 11.0 Å². The lowest BCUT2D eigenvalue weighted by Gasteiger charge is -2.20. The number of rotatable bonds is 2. The molecule has 0 aliphatic carbocycles. The van der Waals surface area contributed by atoms with Crippen LogP contribution in [0, 0.1) is 17.2 Å². The molecule has 19 heavy (non-hydrogen) atoms. The SMILES string of the molecule is CCC1CCN(c2ccc(C(F)(F)F)cc2C#N)C1. The Hall–Kier alpha value is -1.70. The van der Waals surface area contributed by atoms with E-state index in [0.717, 1.165) is 38.1 Å². The van der Waals surface area contributed by atoms with E-state index in [2.05, 4.69) is 6.92 Å². The third kappa shape index (κ3) is 2.83. The first-order valence-electron chi connectivity index (χ1n) is 6.32. The Morgan fingerprint density at radius 2 is 2.16 bits per heavy atom. The van der Waals surface area contributed by atoms with Crippen molar-refractivity contribution in [2.24, 2.45) is 5.92 Å². The van der Waals surface area contributed by atoms with E-state index in [4.69, 9.17) is 5.26 Å². The van der Waals surface area contributed by atoms with E-state index < -0.39 is 11.7 Å². The highest BCUT2D eigenvalue weighted by molar-refractivity contribution is 5.61. The van der Waals surface area contributed by atoms with Crippen molar-refractivity contribution in [2.75, 3.05) is 18.0 Å². The molecule has 0 spiro atoms. The lowest BCUT2D eigenvalue weighted by atomic mass is 10.1. The average molecular weight is 268 g/mol. The van der Waals surface area contributed by atoms with Crippen molar-refractivity contribution in [3.05, 3.63) is 29.3 Å². The second-order valence-electron chi connectivity index (χ2n) is 4.85. The zero-order valence-electron chi connectivity index (χ0n) is 10.7. The highest BCUT2D eigenvalue weighted by atomic mass is 19.4. The third-order valence-electron chi connectivity index (χ3n) is 3.65. The average Bonchev–Trinajstić information content (AvgIpc) is 2.85. The Morgan fingerprint density at radius 3 is 2.68 bits per heavy atom. The summed E-state index contributed by atoms with van der Waals surface area (Å²) in [4.78, 5) is 2.01. The van der Waals surface area contributed by atoms with Gasteiger partial charge in [-0.3, -0.25) is 0 Å². The summed E-state index contributed by atoms with van der Waals surface area (Å²) in [6.45, 7) is 3.72. The topological polar surface area (TPSA) is 27.0 Å². The minimum absolute atomic E-state index is 0.103. The first-order chi connectivity index (χ1) is 8.95. The highest BCUT2D eigenvalue weighted by Crippen LogP contribution is 2.34. The Labute approximate surface area is 110 Å². The van der Waals surface area contributed by atoms with Gasteiger partial charge in [-0.15, -0.1) is 0 Å². The maximum atomic E-state index is 12.6. The molecule has 1 saturated heterocycles. The van der Waals surface area contributed by atoms with Crippen LogP contribution in [0.1, 0.15) is 30.9 Å². The largest absolute Gasteiger partial charge is 0.416 e. The quantitative estimate of drug-likeness (QED) is 0.815. The van der Waals surface area contributed by atoms with E-state index in [9.17, 15) is 13.2 Å². The maximum absolute atomic E-state index is 12.6. The zero-order valence-corrected chi connectivity index (χ0v) is 10.7. The zero-order chi connectivity index (χ0) is 14.0. The fourth-order valence-electron chi connectivity index (χ4n) is 2.46. The van der Waals surface area contributed by atoms with E-state index in [-0.39, 0.29) is 5.56 Å². The van der Waals surface area contributed by atoms with Crippen molar-refractivity contribution >= 4 is 5.69 Å². The van der Waals surface area contributed by atoms with Gasteiger partial charge in [-0.1, -0.05) is 13.3 Å². The van der Waals surface area contributed by atoms with Crippen LogP contribution in [-0.2, 0) is 6.18 Å². The summed E-state index contributed by atoms with van der Waals surface area (Å²) in [5.74, 6) is 0.564. The fraction of sp³-hybridized carbons (Fsp3) is 0.500. The summed E-state index contributed by atoms with van der Waals surface area (Å²) in [5, 5.41) is 9.05. The van der Waals surface area contributed by atoms with Crippen molar-refractivity contribution in [3.63, 3.8) is 0 Å². The molecule has 0 saturated carbocycles. The van der Waals surface area contributed by atoms with Crippen LogP contribution in [0.15, 0.2) is 18.2 Å². The van der Waals surface area contributed by atoms with Gasteiger partial charge >= 0.3 is 6.18 Å². The number of alkyl halides is 3. The maximum Gasteiger partial charge on any atom is 0.416 e. The molecule has 1 aromatic rings. The predicted molar refractivity (Wildman–Crippen MR) is 66.8 cm³/mol. The van der Waals surface area contributed by atoms with Gasteiger partial charge in [0.2, 0.25) is 0 Å². The van der Waals surface area contributed by atoms with E-state index in [1.54, 1.807) is 0 Å². The summed E-state index contributed by atoms with van der Waals surface area (Å²) in [5.41, 5.74) is -0.0444. The molecule has 2 nitrogen and oxygen atoms in total. The molecule has 0 amide bonds. The molecule has 0 aromatic heterocycles. The molecule has 1 heterocycles. The minimum atomic E-state index is -4.40. The van der Waals surface area contributed by atoms with Crippen LogP contribution in [0.4, 0.5) is 18.9 Å². The molecule has 1 aliphatic heterocycles. The monoisotopic (exact) mass is 268 g/mol. The Balaban J connectivity index is 2.30. The van der Waals surface area contributed by atoms with Gasteiger partial charge in [-0.25, -0.2) is 0 Å². The molecule has 1 fully saturated rings. The van der Waals surface area contributed by atoms with Crippen molar-refractivity contribution in [3.8, 4) is 6.07 Å². The number of benzene rings is 1. The molecule has 1 aromatic carbocycles. The smallest absolute Gasteiger partial charge is 0.370 e.